The summed E-state index contributed by atoms with van der Waals surface area (Å²) in [4.78, 5) is 15.1. The molecule has 3 nitrogen and oxygen atoms in total. The van der Waals surface area contributed by atoms with Crippen LogP contribution in [-0.4, -0.2) is 16.8 Å². The number of carbonyl (C=O) groups excluding carboxylic acids is 1. The molecule has 4 heteroatoms. The Morgan fingerprint density at radius 1 is 1.46 bits per heavy atom. The highest BCUT2D eigenvalue weighted by atomic mass is 32.1. The first-order chi connectivity index (χ1) is 6.34. The third-order valence-corrected chi connectivity index (χ3v) is 3.01. The number of nitrogens with one attached hydrogen (secondary N) is 1. The van der Waals surface area contributed by atoms with Crippen molar-refractivity contribution in [2.24, 2.45) is 0 Å². The Labute approximate surface area is 81.2 Å². The molecular weight excluding hydrogens is 184 g/mol. The molecule has 0 atom stereocenters. The second-order valence-electron chi connectivity index (χ2n) is 3.29. The molecule has 0 amide bonds. The SMILES string of the molecule is O=C1CCC(Nc2nccs2)CC1. The maximum Gasteiger partial charge on any atom is 0.182 e. The molecular formula is C9H12N2OS. The lowest BCUT2D eigenvalue weighted by Crippen LogP contribution is -2.25. The van der Waals surface area contributed by atoms with E-state index in [9.17, 15) is 4.79 Å². The Hall–Kier alpha value is -0.900. The molecule has 1 N–H and O–H groups in total. The first-order valence-corrected chi connectivity index (χ1v) is 5.40. The molecule has 0 saturated heterocycles. The van der Waals surface area contributed by atoms with Gasteiger partial charge in [-0.1, -0.05) is 0 Å². The van der Waals surface area contributed by atoms with E-state index in [0.717, 1.165) is 30.8 Å². The number of Topliss-reactive ketones (excluding diaryl/α,β-unsaturated/α-hetero) is 1. The normalized spacial score (nSPS) is 18.9. The van der Waals surface area contributed by atoms with Gasteiger partial charge in [-0.2, -0.15) is 0 Å². The minimum absolute atomic E-state index is 0.400. The number of aromatic nitrogens is 1. The number of anilines is 1. The summed E-state index contributed by atoms with van der Waals surface area (Å²) in [6.07, 6.45) is 5.16. The smallest absolute Gasteiger partial charge is 0.182 e. The van der Waals surface area contributed by atoms with Crippen LogP contribution >= 0.6 is 11.3 Å². The van der Waals surface area contributed by atoms with Gasteiger partial charge >= 0.3 is 0 Å². The van der Waals surface area contributed by atoms with E-state index < -0.39 is 0 Å². The summed E-state index contributed by atoms with van der Waals surface area (Å²) in [5, 5.41) is 6.26. The van der Waals surface area contributed by atoms with Gasteiger partial charge in [-0.3, -0.25) is 4.79 Å². The summed E-state index contributed by atoms with van der Waals surface area (Å²) < 4.78 is 0. The lowest BCUT2D eigenvalue weighted by atomic mass is 9.95. The molecule has 70 valence electrons. The number of hydrogen-bond donors (Lipinski definition) is 1. The summed E-state index contributed by atoms with van der Waals surface area (Å²) in [5.41, 5.74) is 0. The average molecular weight is 196 g/mol. The molecule has 1 heterocycles. The highest BCUT2D eigenvalue weighted by Gasteiger charge is 2.18. The van der Waals surface area contributed by atoms with Gasteiger partial charge in [0.25, 0.3) is 0 Å². The summed E-state index contributed by atoms with van der Waals surface area (Å²) in [6, 6.07) is 0.448. The van der Waals surface area contributed by atoms with Gasteiger partial charge < -0.3 is 5.32 Å². The van der Waals surface area contributed by atoms with E-state index in [1.54, 1.807) is 17.5 Å². The minimum atomic E-state index is 0.400. The number of carbonyl (C=O) groups is 1. The van der Waals surface area contributed by atoms with Crippen LogP contribution in [-0.2, 0) is 4.79 Å². The Morgan fingerprint density at radius 2 is 2.23 bits per heavy atom. The van der Waals surface area contributed by atoms with Crippen LogP contribution in [0.25, 0.3) is 0 Å². The fourth-order valence-electron chi connectivity index (χ4n) is 1.55. The number of ketones is 1. The second-order valence-corrected chi connectivity index (χ2v) is 4.19. The number of rotatable bonds is 2. The second kappa shape index (κ2) is 3.87. The van der Waals surface area contributed by atoms with Crippen molar-refractivity contribution in [3.05, 3.63) is 11.6 Å². The molecule has 1 aliphatic carbocycles. The molecule has 0 spiro atoms. The Morgan fingerprint density at radius 3 is 2.85 bits per heavy atom. The largest absolute Gasteiger partial charge is 0.359 e. The Bertz CT molecular complexity index is 274. The van der Waals surface area contributed by atoms with Gasteiger partial charge in [-0.05, 0) is 12.8 Å². The molecule has 13 heavy (non-hydrogen) atoms. The Kier molecular flexibility index (Phi) is 2.59. The minimum Gasteiger partial charge on any atom is -0.359 e. The molecule has 1 aliphatic rings. The van der Waals surface area contributed by atoms with Crippen molar-refractivity contribution in [2.45, 2.75) is 31.7 Å². The van der Waals surface area contributed by atoms with Crippen LogP contribution in [0.3, 0.4) is 0 Å². The van der Waals surface area contributed by atoms with E-state index in [1.165, 1.54) is 0 Å². The lowest BCUT2D eigenvalue weighted by molar-refractivity contribution is -0.120. The molecule has 1 fully saturated rings. The summed E-state index contributed by atoms with van der Waals surface area (Å²) >= 11 is 1.61. The highest BCUT2D eigenvalue weighted by molar-refractivity contribution is 7.13. The van der Waals surface area contributed by atoms with Gasteiger partial charge in [0.05, 0.1) is 0 Å². The number of hydrogen-bond acceptors (Lipinski definition) is 4. The van der Waals surface area contributed by atoms with Crippen LogP contribution in [0, 0.1) is 0 Å². The maximum atomic E-state index is 11.0. The van der Waals surface area contributed by atoms with Gasteiger partial charge in [0, 0.05) is 30.5 Å². The van der Waals surface area contributed by atoms with E-state index in [0.29, 0.717) is 11.8 Å². The van der Waals surface area contributed by atoms with Crippen molar-refractivity contribution in [3.8, 4) is 0 Å². The quantitative estimate of drug-likeness (QED) is 0.787. The van der Waals surface area contributed by atoms with Gasteiger partial charge in [0.1, 0.15) is 5.78 Å². The number of thiazole rings is 1. The van der Waals surface area contributed by atoms with Crippen molar-refractivity contribution in [1.82, 2.24) is 4.98 Å². The van der Waals surface area contributed by atoms with E-state index in [2.05, 4.69) is 10.3 Å². The molecule has 0 bridgehead atoms. The van der Waals surface area contributed by atoms with Crippen LogP contribution in [0.2, 0.25) is 0 Å². The predicted molar refractivity (Wildman–Crippen MR) is 53.0 cm³/mol. The molecule has 1 aromatic rings. The van der Waals surface area contributed by atoms with Gasteiger partial charge in [0.15, 0.2) is 5.13 Å². The summed E-state index contributed by atoms with van der Waals surface area (Å²) in [7, 11) is 0. The average Bonchev–Trinajstić information content (AvgIpc) is 2.62. The first kappa shape index (κ1) is 8.69. The van der Waals surface area contributed by atoms with E-state index >= 15 is 0 Å². The summed E-state index contributed by atoms with van der Waals surface area (Å²) in [6.45, 7) is 0. The van der Waals surface area contributed by atoms with Crippen LogP contribution in [0.5, 0.6) is 0 Å². The molecule has 1 saturated carbocycles. The van der Waals surface area contributed by atoms with Crippen LogP contribution in [0.1, 0.15) is 25.7 Å². The van der Waals surface area contributed by atoms with E-state index in [1.807, 2.05) is 5.38 Å². The zero-order chi connectivity index (χ0) is 9.10. The fourth-order valence-corrected chi connectivity index (χ4v) is 2.16. The van der Waals surface area contributed by atoms with Gasteiger partial charge in [-0.25, -0.2) is 4.98 Å². The maximum absolute atomic E-state index is 11.0. The van der Waals surface area contributed by atoms with Gasteiger partial charge in [-0.15, -0.1) is 11.3 Å². The van der Waals surface area contributed by atoms with Crippen molar-refractivity contribution in [2.75, 3.05) is 5.32 Å². The summed E-state index contributed by atoms with van der Waals surface area (Å²) in [5.74, 6) is 0.400. The molecule has 1 aromatic heterocycles. The van der Waals surface area contributed by atoms with Crippen molar-refractivity contribution >= 4 is 22.3 Å². The van der Waals surface area contributed by atoms with Crippen molar-refractivity contribution < 1.29 is 4.79 Å². The lowest BCUT2D eigenvalue weighted by Gasteiger charge is -2.21. The third kappa shape index (κ3) is 2.28. The molecule has 0 radical (unpaired) electrons. The van der Waals surface area contributed by atoms with E-state index in [4.69, 9.17) is 0 Å². The zero-order valence-corrected chi connectivity index (χ0v) is 8.14. The van der Waals surface area contributed by atoms with Crippen LogP contribution in [0.4, 0.5) is 5.13 Å². The predicted octanol–water partition coefficient (Wildman–Crippen LogP) is 2.07. The third-order valence-electron chi connectivity index (χ3n) is 2.30. The molecule has 0 aliphatic heterocycles. The standard InChI is InChI=1S/C9H12N2OS/c12-8-3-1-7(2-4-8)11-9-10-5-6-13-9/h5-7H,1-4H2,(H,10,11). The van der Waals surface area contributed by atoms with Crippen LogP contribution < -0.4 is 5.32 Å². The Balaban J connectivity index is 1.86. The van der Waals surface area contributed by atoms with Crippen molar-refractivity contribution in [3.63, 3.8) is 0 Å². The topological polar surface area (TPSA) is 42.0 Å². The van der Waals surface area contributed by atoms with Gasteiger partial charge in [0.2, 0.25) is 0 Å². The van der Waals surface area contributed by atoms with Crippen LogP contribution in [0.15, 0.2) is 11.6 Å². The highest BCUT2D eigenvalue weighted by Crippen LogP contribution is 2.20. The fraction of sp³-hybridized carbons (Fsp3) is 0.556. The number of nitrogens with zero attached hydrogens (tertiary/aromatic N) is 1. The zero-order valence-electron chi connectivity index (χ0n) is 7.32. The monoisotopic (exact) mass is 196 g/mol. The molecule has 2 rings (SSSR count). The van der Waals surface area contributed by atoms with Crippen molar-refractivity contribution in [1.29, 1.82) is 0 Å². The van der Waals surface area contributed by atoms with E-state index in [-0.39, 0.29) is 0 Å². The molecule has 0 unspecified atom stereocenters. The first-order valence-electron chi connectivity index (χ1n) is 4.52. The molecule has 0 aromatic carbocycles.